The lowest BCUT2D eigenvalue weighted by molar-refractivity contribution is -0.144. The molecule has 3 amide bonds. The van der Waals surface area contributed by atoms with Gasteiger partial charge >= 0.3 is 0 Å². The molecular formula is C57H71ClN8O5SSi. The fourth-order valence-corrected chi connectivity index (χ4v) is 13.3. The first-order valence-electron chi connectivity index (χ1n) is 25.8. The number of likely N-dealkylation sites (tertiary alicyclic amines) is 1. The van der Waals surface area contributed by atoms with E-state index in [-0.39, 0.29) is 52.9 Å². The van der Waals surface area contributed by atoms with E-state index in [1.165, 1.54) is 0 Å². The summed E-state index contributed by atoms with van der Waals surface area (Å²) in [6, 6.07) is 18.1. The molecule has 0 bridgehead atoms. The van der Waals surface area contributed by atoms with Gasteiger partial charge in [0.25, 0.3) is 5.56 Å². The molecule has 0 radical (unpaired) electrons. The molecular weight excluding hydrogens is 972 g/mol. The van der Waals surface area contributed by atoms with E-state index < -0.39 is 31.2 Å². The van der Waals surface area contributed by atoms with Gasteiger partial charge in [-0.05, 0) is 129 Å². The zero-order valence-corrected chi connectivity index (χ0v) is 47.0. The second kappa shape index (κ2) is 19.7. The van der Waals surface area contributed by atoms with E-state index in [1.54, 1.807) is 22.3 Å². The fourth-order valence-electron chi connectivity index (χ4n) is 10.8. The summed E-state index contributed by atoms with van der Waals surface area (Å²) in [5.41, 5.74) is 8.21. The van der Waals surface area contributed by atoms with Gasteiger partial charge in [-0.1, -0.05) is 89.5 Å². The van der Waals surface area contributed by atoms with Crippen molar-refractivity contribution in [3.05, 3.63) is 117 Å². The highest BCUT2D eigenvalue weighted by atomic mass is 35.5. The molecule has 0 spiro atoms. The summed E-state index contributed by atoms with van der Waals surface area (Å²) in [6.07, 6.45) is 7.15. The first-order valence-corrected chi connectivity index (χ1v) is 30.0. The van der Waals surface area contributed by atoms with Crippen LogP contribution in [0.15, 0.2) is 83.4 Å². The Morgan fingerprint density at radius 1 is 0.932 bits per heavy atom. The number of aromatic nitrogens is 5. The Morgan fingerprint density at radius 3 is 2.29 bits per heavy atom. The van der Waals surface area contributed by atoms with Crippen molar-refractivity contribution in [2.24, 2.45) is 17.3 Å². The number of hydrogen-bond donors (Lipinski definition) is 2. The molecule has 4 atom stereocenters. The van der Waals surface area contributed by atoms with Crippen LogP contribution in [0.5, 0.6) is 0 Å². The number of carbonyl (C=O) groups excluding carboxylic acids is 3. The standard InChI is InChI=1S/C57H71ClN8O5SSi/c1-33(36-20-22-37(23-21-36)48-34(2)59-32-72-48)61-51(68)46-27-41(71-73(11,12)56(6,7)8)31-65(46)53(70)49(55(3,4)5)62-50(67)38-18-16-35(17-19-38)29-64-30-40(28-60-64)39-24-25-44-42(26-39)57(9,10)54-63-52(69)47-43(58)14-13-15-45(47)66(44)54/h13-15,20-26,28,30,32-33,35,38,41,46,49H,16-19,27,29,31H2,1-12H3,(H,61,68)(H,62,67)/t33-,35?,38?,41?,46?,49+/m0/s1. The van der Waals surface area contributed by atoms with E-state index in [4.69, 9.17) is 21.1 Å². The summed E-state index contributed by atoms with van der Waals surface area (Å²) in [7, 11) is -2.26. The largest absolute Gasteiger partial charge is 0.412 e. The van der Waals surface area contributed by atoms with Crippen LogP contribution < -0.4 is 16.2 Å². The van der Waals surface area contributed by atoms with Crippen LogP contribution in [0.1, 0.15) is 123 Å². The first kappa shape index (κ1) is 52.4. The number of halogens is 1. The number of amides is 3. The zero-order valence-electron chi connectivity index (χ0n) is 44.4. The number of carbonyl (C=O) groups is 3. The van der Waals surface area contributed by atoms with E-state index in [0.29, 0.717) is 41.4 Å². The third-order valence-electron chi connectivity index (χ3n) is 16.3. The summed E-state index contributed by atoms with van der Waals surface area (Å²) in [4.78, 5) is 68.6. The lowest BCUT2D eigenvalue weighted by Crippen LogP contribution is -2.58. The Balaban J connectivity index is 0.848. The predicted octanol–water partition coefficient (Wildman–Crippen LogP) is 11.2. The Labute approximate surface area is 439 Å². The molecule has 386 valence electrons. The SMILES string of the molecule is Cc1ncsc1-c1ccc([C@H](C)NC(=O)C2CC(O[Si](C)(C)C(C)(C)C)CN2C(=O)[C@@H](NC(=O)C2CCC(Cn3cc(-c4ccc5c(c4)C(C)(C)c4nc(=O)c6c(Cl)cccc6n4-5)cn3)CC2)C(C)(C)C)cc1. The van der Waals surface area contributed by atoms with Crippen LogP contribution in [0, 0.1) is 24.2 Å². The lowest BCUT2D eigenvalue weighted by atomic mass is 9.80. The molecule has 2 unspecified atom stereocenters. The average molecular weight is 1040 g/mol. The van der Waals surface area contributed by atoms with Crippen LogP contribution in [-0.2, 0) is 30.8 Å². The molecule has 1 saturated heterocycles. The van der Waals surface area contributed by atoms with Gasteiger partial charge in [0, 0.05) is 37.2 Å². The van der Waals surface area contributed by atoms with Gasteiger partial charge in [-0.25, -0.2) is 4.98 Å². The molecule has 6 aromatic rings. The molecule has 1 saturated carbocycles. The van der Waals surface area contributed by atoms with Crippen molar-refractivity contribution in [2.75, 3.05) is 6.54 Å². The average Bonchev–Trinajstić information content (AvgIpc) is 4.13. The first-order chi connectivity index (χ1) is 34.3. The molecule has 2 aliphatic heterocycles. The third-order valence-corrected chi connectivity index (χ3v) is 22.1. The van der Waals surface area contributed by atoms with Crippen molar-refractivity contribution in [1.82, 2.24) is 39.8 Å². The Kier molecular flexibility index (Phi) is 14.1. The number of benzene rings is 3. The van der Waals surface area contributed by atoms with Gasteiger partial charge in [0.05, 0.1) is 61.5 Å². The van der Waals surface area contributed by atoms with Crippen LogP contribution >= 0.6 is 22.9 Å². The summed E-state index contributed by atoms with van der Waals surface area (Å²) in [5.74, 6) is 0.171. The lowest BCUT2D eigenvalue weighted by Gasteiger charge is -2.38. The minimum absolute atomic E-state index is 0.0618. The number of rotatable bonds is 12. The van der Waals surface area contributed by atoms with Crippen molar-refractivity contribution in [2.45, 2.75) is 156 Å². The van der Waals surface area contributed by atoms with Crippen LogP contribution in [0.2, 0.25) is 23.2 Å². The molecule has 5 heterocycles. The maximum Gasteiger partial charge on any atom is 0.282 e. The van der Waals surface area contributed by atoms with Crippen molar-refractivity contribution in [1.29, 1.82) is 0 Å². The maximum absolute atomic E-state index is 15.0. The predicted molar refractivity (Wildman–Crippen MR) is 294 cm³/mol. The van der Waals surface area contributed by atoms with Gasteiger partial charge in [0.15, 0.2) is 8.32 Å². The van der Waals surface area contributed by atoms with Gasteiger partial charge in [-0.2, -0.15) is 10.1 Å². The molecule has 2 N–H and O–H groups in total. The van der Waals surface area contributed by atoms with E-state index in [9.17, 15) is 19.2 Å². The minimum Gasteiger partial charge on any atom is -0.412 e. The van der Waals surface area contributed by atoms with Crippen LogP contribution in [0.4, 0.5) is 0 Å². The van der Waals surface area contributed by atoms with Gasteiger partial charge in [-0.3, -0.25) is 28.4 Å². The normalized spacial score (nSPS) is 20.6. The van der Waals surface area contributed by atoms with E-state index in [2.05, 4.69) is 109 Å². The summed E-state index contributed by atoms with van der Waals surface area (Å²) >= 11 is 8.10. The molecule has 3 aliphatic rings. The van der Waals surface area contributed by atoms with Crippen molar-refractivity contribution < 1.29 is 18.8 Å². The molecule has 13 nitrogen and oxygen atoms in total. The summed E-state index contributed by atoms with van der Waals surface area (Å²) < 4.78 is 11.0. The van der Waals surface area contributed by atoms with E-state index in [0.717, 1.165) is 69.0 Å². The van der Waals surface area contributed by atoms with Crippen LogP contribution in [0.3, 0.4) is 0 Å². The van der Waals surface area contributed by atoms with Gasteiger partial charge in [0.2, 0.25) is 17.7 Å². The van der Waals surface area contributed by atoms with Gasteiger partial charge in [-0.15, -0.1) is 11.3 Å². The van der Waals surface area contributed by atoms with Gasteiger partial charge < -0.3 is 20.0 Å². The smallest absolute Gasteiger partial charge is 0.282 e. The highest BCUT2D eigenvalue weighted by Gasteiger charge is 2.49. The highest BCUT2D eigenvalue weighted by Crippen LogP contribution is 2.45. The zero-order chi connectivity index (χ0) is 52.5. The van der Waals surface area contributed by atoms with Gasteiger partial charge in [0.1, 0.15) is 17.9 Å². The molecule has 73 heavy (non-hydrogen) atoms. The molecule has 3 aromatic carbocycles. The number of fused-ring (bicyclic) bond motifs is 5. The summed E-state index contributed by atoms with van der Waals surface area (Å²) in [5, 5.41) is 12.0. The van der Waals surface area contributed by atoms with Crippen molar-refractivity contribution >= 4 is 59.9 Å². The summed E-state index contributed by atoms with van der Waals surface area (Å²) in [6.45, 7) is 26.0. The molecule has 3 aromatic heterocycles. The topological polar surface area (TPSA) is 153 Å². The fraction of sp³-hybridized carbons (Fsp3) is 0.491. The molecule has 2 fully saturated rings. The van der Waals surface area contributed by atoms with Crippen molar-refractivity contribution in [3.63, 3.8) is 0 Å². The number of hydrogen-bond acceptors (Lipinski definition) is 9. The maximum atomic E-state index is 15.0. The number of aryl methyl sites for hydroxylation is 1. The molecule has 16 heteroatoms. The second-order valence-corrected chi connectivity index (χ2v) is 29.9. The quantitative estimate of drug-likeness (QED) is 0.115. The number of nitrogens with zero attached hydrogens (tertiary/aromatic N) is 6. The highest BCUT2D eigenvalue weighted by molar-refractivity contribution is 7.13. The number of nitrogens with one attached hydrogen (secondary N) is 2. The third kappa shape index (κ3) is 10.2. The Morgan fingerprint density at radius 2 is 1.63 bits per heavy atom. The second-order valence-electron chi connectivity index (χ2n) is 23.9. The van der Waals surface area contributed by atoms with E-state index >= 15 is 0 Å². The number of thiazole rings is 1. The van der Waals surface area contributed by atoms with Crippen LogP contribution in [-0.4, -0.2) is 80.0 Å². The van der Waals surface area contributed by atoms with E-state index in [1.807, 2.05) is 75.3 Å². The Bertz CT molecular complexity index is 3140. The Hall–Kier alpha value is -5.48. The minimum atomic E-state index is -2.26. The molecule has 1 aliphatic carbocycles. The molecule has 9 rings (SSSR count). The van der Waals surface area contributed by atoms with Crippen molar-refractivity contribution in [3.8, 4) is 27.3 Å². The monoisotopic (exact) mass is 1040 g/mol. The van der Waals surface area contributed by atoms with Crippen LogP contribution in [0.25, 0.3) is 38.2 Å².